The molecule has 1 radical (unpaired) electrons. The molecule has 3 rings (SSSR count). The number of hydrogen-bond acceptors (Lipinski definition) is 1. The summed E-state index contributed by atoms with van der Waals surface area (Å²) in [5, 5.41) is 8.28. The van der Waals surface area contributed by atoms with E-state index in [9.17, 15) is 0 Å². The molecular weight excluding hydrogens is 232 g/mol. The zero-order valence-corrected chi connectivity index (χ0v) is 11.0. The first-order valence-corrected chi connectivity index (χ1v) is 6.92. The molecule has 2 aromatic carbocycles. The quantitative estimate of drug-likeness (QED) is 0.890. The van der Waals surface area contributed by atoms with Gasteiger partial charge in [0.1, 0.15) is 0 Å². The molecule has 2 heteroatoms. The van der Waals surface area contributed by atoms with Crippen molar-refractivity contribution in [2.45, 2.75) is 12.0 Å². The summed E-state index contributed by atoms with van der Waals surface area (Å²) in [6.07, 6.45) is 0. The molecule has 1 unspecified atom stereocenters. The van der Waals surface area contributed by atoms with Gasteiger partial charge in [0.05, 0.1) is 0 Å². The van der Waals surface area contributed by atoms with E-state index in [1.165, 1.54) is 11.1 Å². The lowest BCUT2D eigenvalue weighted by Crippen LogP contribution is -2.47. The van der Waals surface area contributed by atoms with E-state index in [2.05, 4.69) is 66.0 Å². The van der Waals surface area contributed by atoms with Crippen LogP contribution < -0.4 is 10.6 Å². The SMILES string of the molecule is c1ccc(C(c2ccccc2)C2CNCC[N]2)cc1. The number of nitrogens with zero attached hydrogens (tertiary/aromatic N) is 1. The van der Waals surface area contributed by atoms with E-state index >= 15 is 0 Å². The lowest BCUT2D eigenvalue weighted by Gasteiger charge is -2.31. The highest BCUT2D eigenvalue weighted by molar-refractivity contribution is 5.34. The summed E-state index contributed by atoms with van der Waals surface area (Å²) in [6.45, 7) is 2.89. The fourth-order valence-corrected chi connectivity index (χ4v) is 2.80. The summed E-state index contributed by atoms with van der Waals surface area (Å²) < 4.78 is 0. The topological polar surface area (TPSA) is 26.1 Å². The fourth-order valence-electron chi connectivity index (χ4n) is 2.80. The van der Waals surface area contributed by atoms with Gasteiger partial charge in [-0.15, -0.1) is 0 Å². The average Bonchev–Trinajstić information content (AvgIpc) is 2.51. The Balaban J connectivity index is 1.96. The number of rotatable bonds is 3. The Hall–Kier alpha value is -1.64. The molecule has 1 N–H and O–H groups in total. The molecule has 0 aliphatic carbocycles. The van der Waals surface area contributed by atoms with E-state index in [-0.39, 0.29) is 0 Å². The van der Waals surface area contributed by atoms with E-state index < -0.39 is 0 Å². The van der Waals surface area contributed by atoms with Crippen LogP contribution in [0.3, 0.4) is 0 Å². The third-order valence-corrected chi connectivity index (χ3v) is 3.71. The van der Waals surface area contributed by atoms with E-state index in [4.69, 9.17) is 5.32 Å². The van der Waals surface area contributed by atoms with Gasteiger partial charge >= 0.3 is 0 Å². The molecule has 1 heterocycles. The Labute approximate surface area is 114 Å². The molecule has 0 spiro atoms. The van der Waals surface area contributed by atoms with Crippen molar-refractivity contribution in [3.8, 4) is 0 Å². The van der Waals surface area contributed by atoms with Gasteiger partial charge in [-0.05, 0) is 11.1 Å². The van der Waals surface area contributed by atoms with Gasteiger partial charge in [0.2, 0.25) is 0 Å². The number of piperazine rings is 1. The highest BCUT2D eigenvalue weighted by Crippen LogP contribution is 2.28. The lowest BCUT2D eigenvalue weighted by atomic mass is 9.84. The van der Waals surface area contributed by atoms with Crippen LogP contribution in [0, 0.1) is 0 Å². The number of hydrogen-bond donors (Lipinski definition) is 1. The smallest absolute Gasteiger partial charge is 0.0480 e. The minimum Gasteiger partial charge on any atom is -0.314 e. The second-order valence-corrected chi connectivity index (χ2v) is 4.98. The summed E-state index contributed by atoms with van der Waals surface area (Å²) in [6, 6.07) is 21.8. The monoisotopic (exact) mass is 251 g/mol. The molecule has 2 nitrogen and oxygen atoms in total. The van der Waals surface area contributed by atoms with Crippen LogP contribution in [0.1, 0.15) is 17.0 Å². The van der Waals surface area contributed by atoms with Crippen molar-refractivity contribution in [1.29, 1.82) is 0 Å². The maximum absolute atomic E-state index is 4.82. The van der Waals surface area contributed by atoms with Crippen LogP contribution in [0.25, 0.3) is 0 Å². The molecule has 2 aromatic rings. The van der Waals surface area contributed by atoms with E-state index in [1.54, 1.807) is 0 Å². The molecule has 1 fully saturated rings. The summed E-state index contributed by atoms with van der Waals surface area (Å²) in [4.78, 5) is 0. The molecule has 0 amide bonds. The minimum absolute atomic E-state index is 0.332. The second-order valence-electron chi connectivity index (χ2n) is 4.98. The molecular formula is C17H19N2. The van der Waals surface area contributed by atoms with E-state index in [0.29, 0.717) is 12.0 Å². The van der Waals surface area contributed by atoms with Crippen LogP contribution in [0.4, 0.5) is 0 Å². The summed E-state index contributed by atoms with van der Waals surface area (Å²) in [5.74, 6) is 0.357. The van der Waals surface area contributed by atoms with Gasteiger partial charge in [-0.2, -0.15) is 0 Å². The third-order valence-electron chi connectivity index (χ3n) is 3.71. The molecule has 1 saturated heterocycles. The summed E-state index contributed by atoms with van der Waals surface area (Å²) in [5.41, 5.74) is 2.71. The number of nitrogens with one attached hydrogen (secondary N) is 1. The maximum atomic E-state index is 4.82. The van der Waals surface area contributed by atoms with Crippen LogP contribution in [0.2, 0.25) is 0 Å². The lowest BCUT2D eigenvalue weighted by molar-refractivity contribution is 0.381. The molecule has 1 aliphatic heterocycles. The zero-order valence-electron chi connectivity index (χ0n) is 11.0. The Morgan fingerprint density at radius 2 is 1.47 bits per heavy atom. The molecule has 0 aromatic heterocycles. The first-order valence-electron chi connectivity index (χ1n) is 6.92. The van der Waals surface area contributed by atoms with E-state index in [1.807, 2.05) is 0 Å². The third kappa shape index (κ3) is 2.86. The number of benzene rings is 2. The molecule has 1 aliphatic rings. The van der Waals surface area contributed by atoms with Crippen LogP contribution >= 0.6 is 0 Å². The predicted molar refractivity (Wildman–Crippen MR) is 78.4 cm³/mol. The molecule has 1 atom stereocenters. The highest BCUT2D eigenvalue weighted by atomic mass is 15.1. The Morgan fingerprint density at radius 1 is 0.895 bits per heavy atom. The summed E-state index contributed by atoms with van der Waals surface area (Å²) in [7, 11) is 0. The van der Waals surface area contributed by atoms with Gasteiger partial charge in [-0.3, -0.25) is 0 Å². The van der Waals surface area contributed by atoms with Crippen LogP contribution in [-0.2, 0) is 0 Å². The van der Waals surface area contributed by atoms with Crippen molar-refractivity contribution in [2.75, 3.05) is 19.6 Å². The van der Waals surface area contributed by atoms with Gasteiger partial charge in [0, 0.05) is 31.6 Å². The van der Waals surface area contributed by atoms with Crippen LogP contribution in [0.15, 0.2) is 60.7 Å². The van der Waals surface area contributed by atoms with Crippen LogP contribution in [-0.4, -0.2) is 25.7 Å². The van der Waals surface area contributed by atoms with Crippen molar-refractivity contribution in [2.24, 2.45) is 0 Å². The largest absolute Gasteiger partial charge is 0.314 e. The molecule has 19 heavy (non-hydrogen) atoms. The van der Waals surface area contributed by atoms with Gasteiger partial charge in [-0.1, -0.05) is 60.7 Å². The van der Waals surface area contributed by atoms with Crippen molar-refractivity contribution in [3.63, 3.8) is 0 Å². The van der Waals surface area contributed by atoms with Crippen LogP contribution in [0.5, 0.6) is 0 Å². The average molecular weight is 251 g/mol. The normalized spacial score (nSPS) is 19.5. The Morgan fingerprint density at radius 3 is 1.95 bits per heavy atom. The molecule has 0 saturated carbocycles. The van der Waals surface area contributed by atoms with Crippen molar-refractivity contribution in [1.82, 2.24) is 10.6 Å². The van der Waals surface area contributed by atoms with Gasteiger partial charge in [0.15, 0.2) is 0 Å². The zero-order chi connectivity index (χ0) is 12.9. The summed E-state index contributed by atoms with van der Waals surface area (Å²) >= 11 is 0. The first-order chi connectivity index (χ1) is 9.45. The Kier molecular flexibility index (Phi) is 3.92. The van der Waals surface area contributed by atoms with Gasteiger partial charge in [0.25, 0.3) is 0 Å². The Bertz CT molecular complexity index is 450. The van der Waals surface area contributed by atoms with Crippen molar-refractivity contribution >= 4 is 0 Å². The van der Waals surface area contributed by atoms with Crippen molar-refractivity contribution in [3.05, 3.63) is 71.8 Å². The maximum Gasteiger partial charge on any atom is 0.0480 e. The predicted octanol–water partition coefficient (Wildman–Crippen LogP) is 2.39. The first kappa shape index (κ1) is 12.4. The van der Waals surface area contributed by atoms with Gasteiger partial charge in [-0.25, -0.2) is 5.32 Å². The fraction of sp³-hybridized carbons (Fsp3) is 0.294. The standard InChI is InChI=1S/C17H19N2/c1-3-7-14(8-4-1)17(15-9-5-2-6-10-15)16-13-18-11-12-19-16/h1-10,16-18H,11-13H2. The van der Waals surface area contributed by atoms with Crippen molar-refractivity contribution < 1.29 is 0 Å². The van der Waals surface area contributed by atoms with Gasteiger partial charge < -0.3 is 5.32 Å². The molecule has 97 valence electrons. The highest BCUT2D eigenvalue weighted by Gasteiger charge is 2.26. The second kappa shape index (κ2) is 6.00. The minimum atomic E-state index is 0.332. The molecule has 0 bridgehead atoms. The van der Waals surface area contributed by atoms with E-state index in [0.717, 1.165) is 19.6 Å².